The van der Waals surface area contributed by atoms with E-state index < -0.39 is 0 Å². The maximum Gasteiger partial charge on any atom is 0.225 e. The van der Waals surface area contributed by atoms with Crippen molar-refractivity contribution in [1.29, 1.82) is 0 Å². The van der Waals surface area contributed by atoms with Crippen LogP contribution in [0.2, 0.25) is 0 Å². The topological polar surface area (TPSA) is 32.3 Å². The Morgan fingerprint density at radius 3 is 2.44 bits per heavy atom. The summed E-state index contributed by atoms with van der Waals surface area (Å²) in [6, 6.07) is 0.807. The minimum Gasteiger partial charge on any atom is -0.337 e. The molecule has 2 atom stereocenters. The van der Waals surface area contributed by atoms with Crippen LogP contribution in [-0.2, 0) is 4.79 Å². The van der Waals surface area contributed by atoms with Crippen molar-refractivity contribution < 1.29 is 4.79 Å². The highest BCUT2D eigenvalue weighted by atomic mass is 16.2. The molecule has 3 nitrogen and oxygen atoms in total. The van der Waals surface area contributed by atoms with Crippen molar-refractivity contribution >= 4 is 5.91 Å². The molecule has 0 aromatic carbocycles. The SMILES string of the molecule is CCC(CC)C(=O)N1CC(CC(C)C)NCC1C. The third-order valence-electron chi connectivity index (χ3n) is 4.02. The molecule has 106 valence electrons. The Balaban J connectivity index is 2.64. The number of carbonyl (C=O) groups is 1. The highest BCUT2D eigenvalue weighted by molar-refractivity contribution is 5.79. The molecule has 1 fully saturated rings. The smallest absolute Gasteiger partial charge is 0.225 e. The molecule has 1 heterocycles. The molecule has 0 spiro atoms. The zero-order valence-electron chi connectivity index (χ0n) is 12.7. The molecule has 1 saturated heterocycles. The molecule has 0 bridgehead atoms. The first-order chi connectivity index (χ1) is 8.49. The molecule has 3 heteroatoms. The average molecular weight is 254 g/mol. The number of piperazine rings is 1. The Bertz CT molecular complexity index is 261. The predicted molar refractivity (Wildman–Crippen MR) is 76.5 cm³/mol. The summed E-state index contributed by atoms with van der Waals surface area (Å²) in [7, 11) is 0. The van der Waals surface area contributed by atoms with Crippen molar-refractivity contribution in [2.24, 2.45) is 11.8 Å². The van der Waals surface area contributed by atoms with Crippen LogP contribution in [0.25, 0.3) is 0 Å². The van der Waals surface area contributed by atoms with Gasteiger partial charge < -0.3 is 10.2 Å². The van der Waals surface area contributed by atoms with Gasteiger partial charge in [-0.05, 0) is 32.1 Å². The highest BCUT2D eigenvalue weighted by Crippen LogP contribution is 2.18. The number of nitrogens with one attached hydrogen (secondary N) is 1. The van der Waals surface area contributed by atoms with Gasteiger partial charge in [0.05, 0.1) is 0 Å². The van der Waals surface area contributed by atoms with Gasteiger partial charge >= 0.3 is 0 Å². The third-order valence-corrected chi connectivity index (χ3v) is 4.02. The van der Waals surface area contributed by atoms with Gasteiger partial charge in [-0.25, -0.2) is 0 Å². The Morgan fingerprint density at radius 2 is 1.94 bits per heavy atom. The fourth-order valence-electron chi connectivity index (χ4n) is 2.84. The molecule has 0 aromatic rings. The largest absolute Gasteiger partial charge is 0.337 e. The fraction of sp³-hybridized carbons (Fsp3) is 0.933. The molecule has 0 aliphatic carbocycles. The number of rotatable bonds is 5. The van der Waals surface area contributed by atoms with Gasteiger partial charge in [-0.3, -0.25) is 4.79 Å². The van der Waals surface area contributed by atoms with E-state index in [1.807, 2.05) is 0 Å². The van der Waals surface area contributed by atoms with Crippen molar-refractivity contribution in [2.75, 3.05) is 13.1 Å². The third kappa shape index (κ3) is 3.98. The summed E-state index contributed by atoms with van der Waals surface area (Å²) in [6.07, 6.45) is 3.07. The van der Waals surface area contributed by atoms with E-state index in [0.29, 0.717) is 23.9 Å². The summed E-state index contributed by atoms with van der Waals surface area (Å²) in [4.78, 5) is 14.6. The summed E-state index contributed by atoms with van der Waals surface area (Å²) in [6.45, 7) is 12.7. The van der Waals surface area contributed by atoms with Crippen molar-refractivity contribution in [3.05, 3.63) is 0 Å². The zero-order chi connectivity index (χ0) is 13.7. The second-order valence-electron chi connectivity index (χ2n) is 6.09. The number of amides is 1. The number of hydrogen-bond acceptors (Lipinski definition) is 2. The van der Waals surface area contributed by atoms with Gasteiger partial charge in [-0.1, -0.05) is 27.7 Å². The van der Waals surface area contributed by atoms with Crippen LogP contribution in [0.4, 0.5) is 0 Å². The van der Waals surface area contributed by atoms with Gasteiger partial charge in [0.1, 0.15) is 0 Å². The summed E-state index contributed by atoms with van der Waals surface area (Å²) in [5.41, 5.74) is 0. The summed E-state index contributed by atoms with van der Waals surface area (Å²) in [5, 5.41) is 3.57. The van der Waals surface area contributed by atoms with Crippen molar-refractivity contribution in [3.63, 3.8) is 0 Å². The van der Waals surface area contributed by atoms with Gasteiger partial charge in [-0.15, -0.1) is 0 Å². The van der Waals surface area contributed by atoms with Gasteiger partial charge in [-0.2, -0.15) is 0 Å². The molecule has 1 rings (SSSR count). The van der Waals surface area contributed by atoms with Crippen LogP contribution in [0, 0.1) is 11.8 Å². The van der Waals surface area contributed by atoms with Crippen LogP contribution in [0.3, 0.4) is 0 Å². The fourth-order valence-corrected chi connectivity index (χ4v) is 2.84. The lowest BCUT2D eigenvalue weighted by molar-refractivity contribution is -0.139. The molecular weight excluding hydrogens is 224 g/mol. The molecular formula is C15H30N2O. The minimum absolute atomic E-state index is 0.213. The molecule has 1 aliphatic heterocycles. The van der Waals surface area contributed by atoms with E-state index in [0.717, 1.165) is 32.4 Å². The van der Waals surface area contributed by atoms with E-state index in [1.165, 1.54) is 0 Å². The first-order valence-electron chi connectivity index (χ1n) is 7.53. The highest BCUT2D eigenvalue weighted by Gasteiger charge is 2.31. The van der Waals surface area contributed by atoms with Gasteiger partial charge in [0.25, 0.3) is 0 Å². The lowest BCUT2D eigenvalue weighted by Crippen LogP contribution is -2.58. The number of hydrogen-bond donors (Lipinski definition) is 1. The van der Waals surface area contributed by atoms with E-state index in [4.69, 9.17) is 0 Å². The maximum atomic E-state index is 12.5. The summed E-state index contributed by atoms with van der Waals surface area (Å²) >= 11 is 0. The van der Waals surface area contributed by atoms with E-state index in [1.54, 1.807) is 0 Å². The first kappa shape index (κ1) is 15.5. The van der Waals surface area contributed by atoms with E-state index in [9.17, 15) is 4.79 Å². The van der Waals surface area contributed by atoms with Crippen molar-refractivity contribution in [3.8, 4) is 0 Å². The van der Waals surface area contributed by atoms with Crippen LogP contribution >= 0.6 is 0 Å². The lowest BCUT2D eigenvalue weighted by atomic mass is 9.96. The lowest BCUT2D eigenvalue weighted by Gasteiger charge is -2.41. The van der Waals surface area contributed by atoms with E-state index in [-0.39, 0.29) is 5.92 Å². The quantitative estimate of drug-likeness (QED) is 0.818. The molecule has 1 aliphatic rings. The predicted octanol–water partition coefficient (Wildman–Crippen LogP) is 2.66. The Labute approximate surface area is 112 Å². The molecule has 1 N–H and O–H groups in total. The monoisotopic (exact) mass is 254 g/mol. The van der Waals surface area contributed by atoms with Gasteiger partial charge in [0.2, 0.25) is 5.91 Å². The standard InChI is InChI=1S/C15H30N2O/c1-6-13(7-2)15(18)17-10-14(8-11(3)4)16-9-12(17)5/h11-14,16H,6-10H2,1-5H3. The van der Waals surface area contributed by atoms with E-state index >= 15 is 0 Å². The van der Waals surface area contributed by atoms with Crippen LogP contribution in [0.1, 0.15) is 53.9 Å². The van der Waals surface area contributed by atoms with Crippen LogP contribution in [0.5, 0.6) is 0 Å². The van der Waals surface area contributed by atoms with Crippen molar-refractivity contribution in [2.45, 2.75) is 66.0 Å². The van der Waals surface area contributed by atoms with Crippen LogP contribution in [0.15, 0.2) is 0 Å². The van der Waals surface area contributed by atoms with Crippen molar-refractivity contribution in [1.82, 2.24) is 10.2 Å². The van der Waals surface area contributed by atoms with Crippen LogP contribution < -0.4 is 5.32 Å². The van der Waals surface area contributed by atoms with E-state index in [2.05, 4.69) is 44.8 Å². The molecule has 0 saturated carbocycles. The molecule has 1 amide bonds. The normalized spacial score (nSPS) is 24.9. The Kier molecular flexibility index (Phi) is 6.13. The molecule has 18 heavy (non-hydrogen) atoms. The molecule has 2 unspecified atom stereocenters. The van der Waals surface area contributed by atoms with Crippen LogP contribution in [-0.4, -0.2) is 36.0 Å². The Hall–Kier alpha value is -0.570. The number of nitrogens with zero attached hydrogens (tertiary/aromatic N) is 1. The second kappa shape index (κ2) is 7.13. The Morgan fingerprint density at radius 1 is 1.33 bits per heavy atom. The molecule has 0 radical (unpaired) electrons. The number of carbonyl (C=O) groups excluding carboxylic acids is 1. The maximum absolute atomic E-state index is 12.5. The zero-order valence-corrected chi connectivity index (χ0v) is 12.7. The summed E-state index contributed by atoms with van der Waals surface area (Å²) in [5.74, 6) is 1.26. The minimum atomic E-state index is 0.213. The van der Waals surface area contributed by atoms with Gasteiger partial charge in [0.15, 0.2) is 0 Å². The second-order valence-corrected chi connectivity index (χ2v) is 6.09. The first-order valence-corrected chi connectivity index (χ1v) is 7.53. The molecule has 0 aromatic heterocycles. The average Bonchev–Trinajstić information content (AvgIpc) is 2.32. The van der Waals surface area contributed by atoms with Gasteiger partial charge in [0, 0.05) is 31.1 Å². The summed E-state index contributed by atoms with van der Waals surface area (Å²) < 4.78 is 0.